The minimum atomic E-state index is 0.370. The second kappa shape index (κ2) is 5.85. The van der Waals surface area contributed by atoms with Gasteiger partial charge in [-0.25, -0.2) is 15.0 Å². The van der Waals surface area contributed by atoms with Crippen LogP contribution in [-0.4, -0.2) is 51.0 Å². The molecule has 1 aliphatic heterocycles. The molecule has 1 aliphatic rings. The van der Waals surface area contributed by atoms with Gasteiger partial charge < -0.3 is 15.0 Å². The number of imidazole rings is 1. The summed E-state index contributed by atoms with van der Waals surface area (Å²) in [6.45, 7) is 4.69. The first-order valence-corrected chi connectivity index (χ1v) is 7.38. The number of hydrogen-bond acceptors (Lipinski definition) is 6. The standard InChI is InChI=1S/C12H17N5OS/c1-2-13-8-3-4-18-5-9(8)19-12-10-11(15-6-14-10)16-7-17-12/h6-9,13H,2-5H2,1H3,(H,14,15,16,17). The smallest absolute Gasteiger partial charge is 0.181 e. The van der Waals surface area contributed by atoms with Crippen LogP contribution in [-0.2, 0) is 4.74 Å². The monoisotopic (exact) mass is 279 g/mol. The molecule has 1 saturated heterocycles. The molecule has 2 aromatic heterocycles. The Morgan fingerprint density at radius 1 is 1.47 bits per heavy atom. The van der Waals surface area contributed by atoms with Crippen LogP contribution in [0.5, 0.6) is 0 Å². The van der Waals surface area contributed by atoms with Crippen LogP contribution in [0, 0.1) is 0 Å². The first-order chi connectivity index (χ1) is 9.38. The first-order valence-electron chi connectivity index (χ1n) is 6.50. The van der Waals surface area contributed by atoms with Crippen molar-refractivity contribution in [2.24, 2.45) is 0 Å². The average molecular weight is 279 g/mol. The van der Waals surface area contributed by atoms with Gasteiger partial charge in [0.15, 0.2) is 5.65 Å². The van der Waals surface area contributed by atoms with Crippen molar-refractivity contribution in [2.45, 2.75) is 29.7 Å². The Hall–Kier alpha value is -1.18. The number of hydrogen-bond donors (Lipinski definition) is 2. The van der Waals surface area contributed by atoms with E-state index in [4.69, 9.17) is 4.74 Å². The van der Waals surface area contributed by atoms with Crippen LogP contribution in [0.3, 0.4) is 0 Å². The fraction of sp³-hybridized carbons (Fsp3) is 0.583. The molecule has 0 bridgehead atoms. The SMILES string of the molecule is CCNC1CCOCC1Sc1ncnc2nc[nH]c12. The highest BCUT2D eigenvalue weighted by Gasteiger charge is 2.27. The molecule has 0 radical (unpaired) electrons. The molecule has 3 heterocycles. The summed E-state index contributed by atoms with van der Waals surface area (Å²) in [5.74, 6) is 0. The van der Waals surface area contributed by atoms with E-state index in [9.17, 15) is 0 Å². The molecule has 0 aromatic carbocycles. The van der Waals surface area contributed by atoms with Crippen molar-refractivity contribution in [1.29, 1.82) is 0 Å². The van der Waals surface area contributed by atoms with Crippen molar-refractivity contribution < 1.29 is 4.74 Å². The molecular weight excluding hydrogens is 262 g/mol. The summed E-state index contributed by atoms with van der Waals surface area (Å²) >= 11 is 1.74. The third-order valence-corrected chi connectivity index (χ3v) is 4.52. The highest BCUT2D eigenvalue weighted by Crippen LogP contribution is 2.30. The minimum Gasteiger partial charge on any atom is -0.380 e. The zero-order valence-corrected chi connectivity index (χ0v) is 11.6. The number of rotatable bonds is 4. The second-order valence-corrected chi connectivity index (χ2v) is 5.69. The number of aromatic amines is 1. The van der Waals surface area contributed by atoms with E-state index in [2.05, 4.69) is 32.2 Å². The molecule has 0 aliphatic carbocycles. The van der Waals surface area contributed by atoms with Gasteiger partial charge in [-0.05, 0) is 13.0 Å². The van der Waals surface area contributed by atoms with Gasteiger partial charge in [0.2, 0.25) is 0 Å². The van der Waals surface area contributed by atoms with E-state index in [-0.39, 0.29) is 0 Å². The normalized spacial score (nSPS) is 23.8. The van der Waals surface area contributed by atoms with Crippen LogP contribution < -0.4 is 5.32 Å². The zero-order valence-electron chi connectivity index (χ0n) is 10.8. The number of nitrogens with zero attached hydrogens (tertiary/aromatic N) is 3. The molecule has 6 nitrogen and oxygen atoms in total. The molecule has 0 spiro atoms. The Kier molecular flexibility index (Phi) is 3.95. The Morgan fingerprint density at radius 2 is 2.42 bits per heavy atom. The second-order valence-electron chi connectivity index (χ2n) is 4.46. The maximum Gasteiger partial charge on any atom is 0.181 e. The highest BCUT2D eigenvalue weighted by atomic mass is 32.2. The lowest BCUT2D eigenvalue weighted by atomic mass is 10.1. The quantitative estimate of drug-likeness (QED) is 0.819. The van der Waals surface area contributed by atoms with Gasteiger partial charge in [-0.1, -0.05) is 18.7 Å². The lowest BCUT2D eigenvalue weighted by Crippen LogP contribution is -2.44. The maximum absolute atomic E-state index is 5.59. The van der Waals surface area contributed by atoms with Crippen molar-refractivity contribution in [2.75, 3.05) is 19.8 Å². The molecule has 0 saturated carbocycles. The fourth-order valence-corrected chi connectivity index (χ4v) is 3.52. The summed E-state index contributed by atoms with van der Waals surface area (Å²) in [5, 5.41) is 4.84. The molecule has 2 N–H and O–H groups in total. The Labute approximate surface area is 115 Å². The van der Waals surface area contributed by atoms with Crippen molar-refractivity contribution in [3.63, 3.8) is 0 Å². The summed E-state index contributed by atoms with van der Waals surface area (Å²) in [6, 6.07) is 0.469. The Morgan fingerprint density at radius 3 is 3.32 bits per heavy atom. The largest absolute Gasteiger partial charge is 0.380 e. The fourth-order valence-electron chi connectivity index (χ4n) is 2.30. The number of H-pyrrole nitrogens is 1. The van der Waals surface area contributed by atoms with E-state index < -0.39 is 0 Å². The van der Waals surface area contributed by atoms with Crippen molar-refractivity contribution in [3.05, 3.63) is 12.7 Å². The number of nitrogens with one attached hydrogen (secondary N) is 2. The van der Waals surface area contributed by atoms with E-state index in [1.54, 1.807) is 24.4 Å². The molecule has 2 unspecified atom stereocenters. The van der Waals surface area contributed by atoms with Crippen LogP contribution >= 0.6 is 11.8 Å². The molecule has 1 fully saturated rings. The Balaban J connectivity index is 1.80. The summed E-state index contributed by atoms with van der Waals surface area (Å²) in [6.07, 6.45) is 4.27. The summed E-state index contributed by atoms with van der Waals surface area (Å²) < 4.78 is 5.59. The maximum atomic E-state index is 5.59. The number of thioether (sulfide) groups is 1. The summed E-state index contributed by atoms with van der Waals surface area (Å²) in [5.41, 5.74) is 1.63. The molecule has 7 heteroatoms. The van der Waals surface area contributed by atoms with Crippen LogP contribution in [0.25, 0.3) is 11.2 Å². The third kappa shape index (κ3) is 2.72. The van der Waals surface area contributed by atoms with Crippen molar-refractivity contribution >= 4 is 22.9 Å². The van der Waals surface area contributed by atoms with Gasteiger partial charge in [-0.15, -0.1) is 0 Å². The predicted molar refractivity (Wildman–Crippen MR) is 74.2 cm³/mol. The van der Waals surface area contributed by atoms with Gasteiger partial charge in [-0.2, -0.15) is 0 Å². The van der Waals surface area contributed by atoms with Gasteiger partial charge in [0.1, 0.15) is 16.9 Å². The first kappa shape index (κ1) is 12.8. The third-order valence-electron chi connectivity index (χ3n) is 3.22. The molecule has 2 aromatic rings. The van der Waals surface area contributed by atoms with E-state index in [0.717, 1.165) is 36.7 Å². The lowest BCUT2D eigenvalue weighted by Gasteiger charge is -2.31. The van der Waals surface area contributed by atoms with E-state index in [0.29, 0.717) is 16.9 Å². The topological polar surface area (TPSA) is 75.7 Å². The number of aromatic nitrogens is 4. The average Bonchev–Trinajstić information content (AvgIpc) is 2.91. The molecule has 19 heavy (non-hydrogen) atoms. The van der Waals surface area contributed by atoms with E-state index in [1.807, 2.05) is 0 Å². The number of ether oxygens (including phenoxy) is 1. The minimum absolute atomic E-state index is 0.370. The van der Waals surface area contributed by atoms with Crippen LogP contribution in [0.4, 0.5) is 0 Å². The molecule has 0 amide bonds. The zero-order chi connectivity index (χ0) is 13.1. The molecule has 102 valence electrons. The summed E-state index contributed by atoms with van der Waals surface area (Å²) in [7, 11) is 0. The van der Waals surface area contributed by atoms with Gasteiger partial charge in [0, 0.05) is 17.9 Å². The van der Waals surface area contributed by atoms with Crippen molar-refractivity contribution in [1.82, 2.24) is 25.3 Å². The Bertz CT molecular complexity index is 544. The van der Waals surface area contributed by atoms with Crippen LogP contribution in [0.1, 0.15) is 13.3 Å². The van der Waals surface area contributed by atoms with Gasteiger partial charge in [0.25, 0.3) is 0 Å². The van der Waals surface area contributed by atoms with E-state index >= 15 is 0 Å². The lowest BCUT2D eigenvalue weighted by molar-refractivity contribution is 0.0837. The number of fused-ring (bicyclic) bond motifs is 1. The molecule has 2 atom stereocenters. The summed E-state index contributed by atoms with van der Waals surface area (Å²) in [4.78, 5) is 15.8. The van der Waals surface area contributed by atoms with Gasteiger partial charge >= 0.3 is 0 Å². The van der Waals surface area contributed by atoms with Crippen LogP contribution in [0.15, 0.2) is 17.7 Å². The van der Waals surface area contributed by atoms with Crippen molar-refractivity contribution in [3.8, 4) is 0 Å². The molecular formula is C12H17N5OS. The van der Waals surface area contributed by atoms with Gasteiger partial charge in [-0.3, -0.25) is 0 Å². The molecule has 3 rings (SSSR count). The van der Waals surface area contributed by atoms with E-state index in [1.165, 1.54) is 0 Å². The highest BCUT2D eigenvalue weighted by molar-refractivity contribution is 8.00. The van der Waals surface area contributed by atoms with Gasteiger partial charge in [0.05, 0.1) is 12.9 Å². The predicted octanol–water partition coefficient (Wildman–Crippen LogP) is 1.21. The van der Waals surface area contributed by atoms with Crippen LogP contribution in [0.2, 0.25) is 0 Å².